The van der Waals surface area contributed by atoms with Crippen molar-refractivity contribution in [1.29, 1.82) is 0 Å². The van der Waals surface area contributed by atoms with E-state index in [1.165, 1.54) is 18.2 Å². The first-order valence-electron chi connectivity index (χ1n) is 9.31. The lowest BCUT2D eigenvalue weighted by Crippen LogP contribution is -2.28. The first-order chi connectivity index (χ1) is 12.5. The predicted molar refractivity (Wildman–Crippen MR) is 90.7 cm³/mol. The highest BCUT2D eigenvalue weighted by Gasteiger charge is 2.46. The Bertz CT molecular complexity index is 807. The molecule has 6 heteroatoms. The number of rotatable bonds is 3. The number of benzene rings is 1. The van der Waals surface area contributed by atoms with Crippen LogP contribution in [0, 0.1) is 17.6 Å². The minimum atomic E-state index is -0.870. The van der Waals surface area contributed by atoms with E-state index in [2.05, 4.69) is 10.1 Å². The smallest absolute Gasteiger partial charge is 0.230 e. The van der Waals surface area contributed by atoms with Crippen molar-refractivity contribution >= 4 is 5.78 Å². The number of nitrogens with zero attached hydrogens (tertiary/aromatic N) is 2. The molecule has 1 aromatic carbocycles. The van der Waals surface area contributed by atoms with E-state index in [1.54, 1.807) is 0 Å². The van der Waals surface area contributed by atoms with Gasteiger partial charge in [0.2, 0.25) is 5.89 Å². The molecule has 4 nitrogen and oxygen atoms in total. The molecule has 0 spiro atoms. The third-order valence-corrected chi connectivity index (χ3v) is 6.06. The Balaban J connectivity index is 1.73. The van der Waals surface area contributed by atoms with Gasteiger partial charge < -0.3 is 4.52 Å². The van der Waals surface area contributed by atoms with Crippen LogP contribution in [0.1, 0.15) is 75.1 Å². The second-order valence-corrected chi connectivity index (χ2v) is 7.71. The van der Waals surface area contributed by atoms with Crippen LogP contribution in [-0.4, -0.2) is 15.9 Å². The summed E-state index contributed by atoms with van der Waals surface area (Å²) in [7, 11) is 0. The first-order valence-corrected chi connectivity index (χ1v) is 9.31. The standard InChI is InChI=1S/C20H22F2N2O2/c1-12-11-13(25)7-8-14(12)18-23-19(24-26-18)20(9-2-3-10-20)17-15(21)5-4-6-16(17)22/h4-6,12,14H,2-3,7-11H2,1H3. The normalized spacial score (nSPS) is 25.6. The van der Waals surface area contributed by atoms with Gasteiger partial charge in [0.15, 0.2) is 5.82 Å². The molecule has 2 saturated carbocycles. The van der Waals surface area contributed by atoms with Gasteiger partial charge in [0.05, 0.1) is 5.41 Å². The van der Waals surface area contributed by atoms with Crippen molar-refractivity contribution in [2.45, 2.75) is 63.2 Å². The number of carbonyl (C=O) groups is 1. The zero-order valence-corrected chi connectivity index (χ0v) is 14.8. The molecule has 2 atom stereocenters. The van der Waals surface area contributed by atoms with Crippen LogP contribution in [0.25, 0.3) is 0 Å². The van der Waals surface area contributed by atoms with Gasteiger partial charge in [-0.2, -0.15) is 4.98 Å². The molecule has 2 aliphatic carbocycles. The van der Waals surface area contributed by atoms with E-state index < -0.39 is 17.0 Å². The largest absolute Gasteiger partial charge is 0.339 e. The molecule has 4 rings (SSSR count). The Hall–Kier alpha value is -2.11. The van der Waals surface area contributed by atoms with Crippen molar-refractivity contribution in [2.24, 2.45) is 5.92 Å². The number of Topliss-reactive ketones (excluding diaryl/α,β-unsaturated/α-hetero) is 1. The average Bonchev–Trinajstić information content (AvgIpc) is 3.25. The van der Waals surface area contributed by atoms with Crippen LogP contribution in [0.15, 0.2) is 22.7 Å². The molecule has 138 valence electrons. The predicted octanol–water partition coefficient (Wildman–Crippen LogP) is 4.68. The molecule has 26 heavy (non-hydrogen) atoms. The van der Waals surface area contributed by atoms with Gasteiger partial charge in [-0.15, -0.1) is 0 Å². The summed E-state index contributed by atoms with van der Waals surface area (Å²) in [6.45, 7) is 2.01. The molecule has 0 amide bonds. The summed E-state index contributed by atoms with van der Waals surface area (Å²) in [6.07, 6.45) is 4.64. The fourth-order valence-corrected chi connectivity index (χ4v) is 4.67. The fourth-order valence-electron chi connectivity index (χ4n) is 4.67. The van der Waals surface area contributed by atoms with Gasteiger partial charge in [-0.05, 0) is 37.3 Å². The summed E-state index contributed by atoms with van der Waals surface area (Å²) in [6, 6.07) is 3.95. The van der Waals surface area contributed by atoms with Crippen molar-refractivity contribution < 1.29 is 18.1 Å². The molecule has 1 aromatic heterocycles. The second-order valence-electron chi connectivity index (χ2n) is 7.71. The third-order valence-electron chi connectivity index (χ3n) is 6.06. The average molecular weight is 360 g/mol. The number of ketones is 1. The Morgan fingerprint density at radius 1 is 1.19 bits per heavy atom. The monoisotopic (exact) mass is 360 g/mol. The van der Waals surface area contributed by atoms with E-state index in [-0.39, 0.29) is 23.2 Å². The zero-order chi connectivity index (χ0) is 18.3. The summed E-state index contributed by atoms with van der Waals surface area (Å²) < 4.78 is 34.6. The minimum Gasteiger partial charge on any atom is -0.339 e. The molecule has 2 aromatic rings. The van der Waals surface area contributed by atoms with E-state index in [1.807, 2.05) is 6.92 Å². The Kier molecular flexibility index (Phi) is 4.37. The molecule has 1 heterocycles. The highest BCUT2D eigenvalue weighted by molar-refractivity contribution is 5.79. The molecule has 0 bridgehead atoms. The van der Waals surface area contributed by atoms with Crippen LogP contribution in [0.2, 0.25) is 0 Å². The van der Waals surface area contributed by atoms with Gasteiger partial charge >= 0.3 is 0 Å². The summed E-state index contributed by atoms with van der Waals surface area (Å²) in [4.78, 5) is 16.2. The number of halogens is 2. The van der Waals surface area contributed by atoms with Crippen LogP contribution in [0.3, 0.4) is 0 Å². The molecular weight excluding hydrogens is 338 g/mol. The van der Waals surface area contributed by atoms with Crippen molar-refractivity contribution in [2.75, 3.05) is 0 Å². The van der Waals surface area contributed by atoms with Gasteiger partial charge in [-0.1, -0.05) is 31.0 Å². The molecular formula is C20H22F2N2O2. The summed E-state index contributed by atoms with van der Waals surface area (Å²) in [5, 5.41) is 4.15. The fraction of sp³-hybridized carbons (Fsp3) is 0.550. The molecule has 2 aliphatic rings. The first kappa shape index (κ1) is 17.3. The maximum atomic E-state index is 14.5. The van der Waals surface area contributed by atoms with Crippen molar-refractivity contribution in [3.05, 3.63) is 47.1 Å². The van der Waals surface area contributed by atoms with Crippen molar-refractivity contribution in [3.63, 3.8) is 0 Å². The van der Waals surface area contributed by atoms with Gasteiger partial charge in [0.1, 0.15) is 17.4 Å². The second kappa shape index (κ2) is 6.56. The lowest BCUT2D eigenvalue weighted by molar-refractivity contribution is -0.121. The van der Waals surface area contributed by atoms with Gasteiger partial charge in [-0.25, -0.2) is 8.78 Å². The Morgan fingerprint density at radius 2 is 1.88 bits per heavy atom. The molecule has 0 radical (unpaired) electrons. The minimum absolute atomic E-state index is 0.0258. The van der Waals surface area contributed by atoms with Crippen LogP contribution < -0.4 is 0 Å². The van der Waals surface area contributed by atoms with E-state index >= 15 is 0 Å². The quantitative estimate of drug-likeness (QED) is 0.797. The number of carbonyl (C=O) groups excluding carboxylic acids is 1. The van der Waals surface area contributed by atoms with Crippen LogP contribution in [0.5, 0.6) is 0 Å². The molecule has 2 fully saturated rings. The molecule has 0 N–H and O–H groups in total. The summed E-state index contributed by atoms with van der Waals surface area (Å²) in [5.74, 6) is 0.159. The topological polar surface area (TPSA) is 56.0 Å². The number of hydrogen-bond donors (Lipinski definition) is 0. The number of aromatic nitrogens is 2. The highest BCUT2D eigenvalue weighted by atomic mass is 19.1. The summed E-state index contributed by atoms with van der Waals surface area (Å²) in [5.41, 5.74) is -0.818. The van der Waals surface area contributed by atoms with Gasteiger partial charge in [-0.3, -0.25) is 4.79 Å². The lowest BCUT2D eigenvalue weighted by Gasteiger charge is -2.27. The van der Waals surface area contributed by atoms with Crippen LogP contribution >= 0.6 is 0 Å². The highest BCUT2D eigenvalue weighted by Crippen LogP contribution is 2.47. The van der Waals surface area contributed by atoms with E-state index in [4.69, 9.17) is 4.52 Å². The van der Waals surface area contributed by atoms with Crippen LogP contribution in [0.4, 0.5) is 8.78 Å². The van der Waals surface area contributed by atoms with Gasteiger partial charge in [0.25, 0.3) is 0 Å². The number of hydrogen-bond acceptors (Lipinski definition) is 4. The van der Waals surface area contributed by atoms with Crippen molar-refractivity contribution in [3.8, 4) is 0 Å². The lowest BCUT2D eigenvalue weighted by atomic mass is 9.77. The maximum Gasteiger partial charge on any atom is 0.230 e. The van der Waals surface area contributed by atoms with Gasteiger partial charge in [0, 0.05) is 24.3 Å². The summed E-state index contributed by atoms with van der Waals surface area (Å²) >= 11 is 0. The zero-order valence-electron chi connectivity index (χ0n) is 14.8. The third kappa shape index (κ3) is 2.75. The van der Waals surface area contributed by atoms with E-state index in [9.17, 15) is 13.6 Å². The Labute approximate surface area is 151 Å². The van der Waals surface area contributed by atoms with E-state index in [0.29, 0.717) is 43.8 Å². The van der Waals surface area contributed by atoms with Crippen LogP contribution in [-0.2, 0) is 10.2 Å². The molecule has 2 unspecified atom stereocenters. The molecule has 0 saturated heterocycles. The van der Waals surface area contributed by atoms with Crippen molar-refractivity contribution in [1.82, 2.24) is 10.1 Å². The van der Waals surface area contributed by atoms with E-state index in [0.717, 1.165) is 12.8 Å². The SMILES string of the molecule is CC1CC(=O)CCC1c1nc(C2(c3c(F)cccc3F)CCCC2)no1. The molecule has 0 aliphatic heterocycles. The Morgan fingerprint density at radius 3 is 2.54 bits per heavy atom. The maximum absolute atomic E-state index is 14.5.